The third kappa shape index (κ3) is 3.42. The van der Waals surface area contributed by atoms with E-state index in [4.69, 9.17) is 0 Å². The number of rotatable bonds is 3. The predicted molar refractivity (Wildman–Crippen MR) is 159 cm³/mol. The molecule has 7 rings (SSSR count). The van der Waals surface area contributed by atoms with Crippen LogP contribution in [0.25, 0.3) is 33.4 Å². The van der Waals surface area contributed by atoms with Gasteiger partial charge in [-0.3, -0.25) is 0 Å². The van der Waals surface area contributed by atoms with Gasteiger partial charge in [-0.1, -0.05) is 91.0 Å². The Kier molecular flexibility index (Phi) is 5.00. The van der Waals surface area contributed by atoms with Gasteiger partial charge in [-0.2, -0.15) is 0 Å². The van der Waals surface area contributed by atoms with Crippen LogP contribution in [0.1, 0.15) is 16.7 Å². The molecule has 5 aromatic carbocycles. The van der Waals surface area contributed by atoms with Gasteiger partial charge in [-0.25, -0.2) is 0 Å². The normalized spacial score (nSPS) is 13.5. The fourth-order valence-corrected chi connectivity index (χ4v) is 6.40. The van der Waals surface area contributed by atoms with Gasteiger partial charge in [0.2, 0.25) is 0 Å². The average Bonchev–Trinajstić information content (AvgIpc) is 3.44. The quantitative estimate of drug-likeness (QED) is 0.250. The van der Waals surface area contributed by atoms with Crippen LogP contribution < -0.4 is 15.1 Å². The van der Waals surface area contributed by atoms with Crippen LogP contribution in [0.2, 0.25) is 0 Å². The highest BCUT2D eigenvalue weighted by Crippen LogP contribution is 2.43. The van der Waals surface area contributed by atoms with E-state index in [1.807, 2.05) is 0 Å². The molecule has 1 heterocycles. The van der Waals surface area contributed by atoms with E-state index in [0.29, 0.717) is 0 Å². The van der Waals surface area contributed by atoms with Crippen LogP contribution in [0.4, 0.5) is 11.4 Å². The van der Waals surface area contributed by atoms with Crippen molar-refractivity contribution in [2.45, 2.75) is 13.3 Å². The van der Waals surface area contributed by atoms with Gasteiger partial charge in [-0.15, -0.1) is 0 Å². The van der Waals surface area contributed by atoms with Gasteiger partial charge in [0.25, 0.3) is 0 Å². The Morgan fingerprint density at radius 1 is 0.568 bits per heavy atom. The van der Waals surface area contributed by atoms with E-state index in [0.717, 1.165) is 6.42 Å². The Hall–Kier alpha value is -4.24. The molecule has 178 valence electrons. The van der Waals surface area contributed by atoms with Crippen molar-refractivity contribution in [2.75, 3.05) is 23.7 Å². The first kappa shape index (κ1) is 22.0. The van der Waals surface area contributed by atoms with Crippen molar-refractivity contribution in [1.29, 1.82) is 0 Å². The lowest BCUT2D eigenvalue weighted by atomic mass is 9.66. The number of aryl methyl sites for hydroxylation is 1. The molecular formula is C34H29BN2. The smallest absolute Gasteiger partial charge is 0.393 e. The molecule has 1 aliphatic carbocycles. The van der Waals surface area contributed by atoms with Gasteiger partial charge in [0.15, 0.2) is 0 Å². The van der Waals surface area contributed by atoms with Gasteiger partial charge in [0.1, 0.15) is 0 Å². The van der Waals surface area contributed by atoms with Crippen LogP contribution in [-0.2, 0) is 6.42 Å². The first-order valence-corrected chi connectivity index (χ1v) is 13.1. The van der Waals surface area contributed by atoms with Crippen molar-refractivity contribution in [3.05, 3.63) is 126 Å². The monoisotopic (exact) mass is 476 g/mol. The Balaban J connectivity index is 1.29. The summed E-state index contributed by atoms with van der Waals surface area (Å²) >= 11 is 0. The molecule has 3 heteroatoms. The number of fused-ring (bicyclic) bond motifs is 4. The summed E-state index contributed by atoms with van der Waals surface area (Å²) in [4.78, 5) is 4.78. The summed E-state index contributed by atoms with van der Waals surface area (Å²) < 4.78 is 0. The topological polar surface area (TPSA) is 6.48 Å². The maximum atomic E-state index is 2.40. The third-order valence-electron chi connectivity index (χ3n) is 8.28. The zero-order valence-electron chi connectivity index (χ0n) is 21.6. The average molecular weight is 476 g/mol. The number of benzene rings is 5. The van der Waals surface area contributed by atoms with E-state index >= 15 is 0 Å². The highest BCUT2D eigenvalue weighted by Gasteiger charge is 2.37. The molecular weight excluding hydrogens is 447 g/mol. The molecule has 2 aliphatic rings. The molecule has 0 amide bonds. The molecule has 0 spiro atoms. The van der Waals surface area contributed by atoms with E-state index in [1.165, 1.54) is 66.9 Å². The van der Waals surface area contributed by atoms with Crippen molar-refractivity contribution >= 4 is 23.8 Å². The zero-order chi connectivity index (χ0) is 25.1. The molecule has 0 aromatic heterocycles. The summed E-state index contributed by atoms with van der Waals surface area (Å²) in [5.74, 6) is 0. The number of nitrogens with zero attached hydrogens (tertiary/aromatic N) is 2. The van der Waals surface area contributed by atoms with Gasteiger partial charge in [-0.05, 0) is 101 Å². The first-order chi connectivity index (χ1) is 18.1. The highest BCUT2D eigenvalue weighted by atomic mass is 15.3. The minimum absolute atomic E-state index is 0.201. The molecule has 0 fully saturated rings. The second kappa shape index (κ2) is 8.42. The van der Waals surface area contributed by atoms with Crippen molar-refractivity contribution in [2.24, 2.45) is 0 Å². The molecule has 0 unspecified atom stereocenters. The molecule has 0 saturated heterocycles. The fraction of sp³-hybridized carbons (Fsp3) is 0.118. The van der Waals surface area contributed by atoms with Crippen molar-refractivity contribution < 1.29 is 0 Å². The molecule has 0 atom stereocenters. The first-order valence-electron chi connectivity index (χ1n) is 13.1. The van der Waals surface area contributed by atoms with Crippen LogP contribution in [0.15, 0.2) is 109 Å². The maximum Gasteiger partial charge on any atom is 0.411 e. The second-order valence-corrected chi connectivity index (χ2v) is 10.4. The molecule has 0 N–H and O–H groups in total. The van der Waals surface area contributed by atoms with Crippen molar-refractivity contribution in [3.63, 3.8) is 0 Å². The zero-order valence-corrected chi connectivity index (χ0v) is 21.6. The van der Waals surface area contributed by atoms with Crippen LogP contribution in [0.5, 0.6) is 0 Å². The van der Waals surface area contributed by atoms with Gasteiger partial charge < -0.3 is 9.62 Å². The highest BCUT2D eigenvalue weighted by molar-refractivity contribution is 6.81. The summed E-state index contributed by atoms with van der Waals surface area (Å²) in [6.07, 6.45) is 1.00. The van der Waals surface area contributed by atoms with Gasteiger partial charge >= 0.3 is 6.98 Å². The SMILES string of the molecule is Cc1ccc(-c2cccc3c2Cc2ccccc2-3)cc1-c1ccc2c(c1)N(C)B(c1ccccc1)N2C. The van der Waals surface area contributed by atoms with Crippen molar-refractivity contribution in [3.8, 4) is 33.4 Å². The van der Waals surface area contributed by atoms with E-state index < -0.39 is 0 Å². The number of anilines is 2. The molecule has 1 aliphatic heterocycles. The summed E-state index contributed by atoms with van der Waals surface area (Å²) in [6.45, 7) is 2.42. The summed E-state index contributed by atoms with van der Waals surface area (Å²) in [6, 6.07) is 40.3. The van der Waals surface area contributed by atoms with Crippen LogP contribution in [-0.4, -0.2) is 21.1 Å². The molecule has 5 aromatic rings. The Morgan fingerprint density at radius 3 is 2.11 bits per heavy atom. The third-order valence-corrected chi connectivity index (χ3v) is 8.28. The minimum Gasteiger partial charge on any atom is -0.393 e. The summed E-state index contributed by atoms with van der Waals surface area (Å²) in [5, 5.41) is 0. The van der Waals surface area contributed by atoms with Crippen LogP contribution in [0.3, 0.4) is 0 Å². The largest absolute Gasteiger partial charge is 0.411 e. The fourth-order valence-electron chi connectivity index (χ4n) is 6.40. The lowest BCUT2D eigenvalue weighted by Crippen LogP contribution is -2.53. The van der Waals surface area contributed by atoms with E-state index in [2.05, 4.69) is 140 Å². The van der Waals surface area contributed by atoms with Crippen molar-refractivity contribution in [1.82, 2.24) is 0 Å². The Morgan fingerprint density at radius 2 is 1.24 bits per heavy atom. The molecule has 0 saturated carbocycles. The van der Waals surface area contributed by atoms with Crippen LogP contribution in [0, 0.1) is 6.92 Å². The molecule has 0 radical (unpaired) electrons. The molecule has 37 heavy (non-hydrogen) atoms. The Labute approximate surface area is 219 Å². The van der Waals surface area contributed by atoms with E-state index in [1.54, 1.807) is 0 Å². The van der Waals surface area contributed by atoms with Gasteiger partial charge in [0, 0.05) is 11.4 Å². The number of hydrogen-bond donors (Lipinski definition) is 0. The second-order valence-electron chi connectivity index (χ2n) is 10.4. The Bertz CT molecular complexity index is 1660. The van der Waals surface area contributed by atoms with E-state index in [9.17, 15) is 0 Å². The lowest BCUT2D eigenvalue weighted by Gasteiger charge is -2.23. The lowest BCUT2D eigenvalue weighted by molar-refractivity contribution is 1.26. The van der Waals surface area contributed by atoms with Crippen LogP contribution >= 0.6 is 0 Å². The van der Waals surface area contributed by atoms with E-state index in [-0.39, 0.29) is 6.98 Å². The predicted octanol–water partition coefficient (Wildman–Crippen LogP) is 7.18. The summed E-state index contributed by atoms with van der Waals surface area (Å²) in [7, 11) is 4.40. The summed E-state index contributed by atoms with van der Waals surface area (Å²) in [5.41, 5.74) is 16.0. The molecule has 0 bridgehead atoms. The van der Waals surface area contributed by atoms with Gasteiger partial charge in [0.05, 0.1) is 0 Å². The maximum absolute atomic E-state index is 2.40. The molecule has 2 nitrogen and oxygen atoms in total. The minimum atomic E-state index is 0.201. The number of hydrogen-bond acceptors (Lipinski definition) is 2. The standard InChI is InChI=1S/C34H29BN2/c1-23-16-17-25(29-14-9-15-30-28-13-8-7-10-24(28)21-32(29)30)20-31(23)26-18-19-33-34(22-26)37(3)35(36(33)2)27-11-5-4-6-12-27/h4-20,22H,21H2,1-3H3.